The van der Waals surface area contributed by atoms with E-state index in [1.54, 1.807) is 6.20 Å². The van der Waals surface area contributed by atoms with E-state index in [0.29, 0.717) is 23.0 Å². The van der Waals surface area contributed by atoms with Crippen LogP contribution in [0.3, 0.4) is 0 Å². The maximum Gasteiger partial charge on any atom is 0.160 e. The number of piperidine rings is 1. The summed E-state index contributed by atoms with van der Waals surface area (Å²) in [4.78, 5) is 2.30. The van der Waals surface area contributed by atoms with Crippen molar-refractivity contribution in [2.75, 3.05) is 26.7 Å². The van der Waals surface area contributed by atoms with Crippen molar-refractivity contribution in [2.24, 2.45) is 5.73 Å². The lowest BCUT2D eigenvalue weighted by molar-refractivity contribution is 0.0604. The number of hydrogen-bond acceptors (Lipinski definition) is 4. The zero-order valence-electron chi connectivity index (χ0n) is 9.50. The average Bonchev–Trinajstić information content (AvgIpc) is 2.26. The Morgan fingerprint density at radius 2 is 2.19 bits per heavy atom. The van der Waals surface area contributed by atoms with Crippen LogP contribution in [0.4, 0.5) is 0 Å². The van der Waals surface area contributed by atoms with Gasteiger partial charge in [0, 0.05) is 19.3 Å². The number of nitrogens with two attached hydrogens (primary N) is 1. The van der Waals surface area contributed by atoms with Gasteiger partial charge in [-0.1, -0.05) is 11.6 Å². The van der Waals surface area contributed by atoms with E-state index in [9.17, 15) is 0 Å². The molecule has 2 aliphatic rings. The topological polar surface area (TPSA) is 50.5 Å². The third-order valence-corrected chi connectivity index (χ3v) is 3.28. The SMILES string of the molecule is CN1CCC(OC2=C(Cl)CNC=C2N)CC1. The number of dihydropyridines is 1. The van der Waals surface area contributed by atoms with E-state index in [1.165, 1.54) is 0 Å². The normalized spacial score (nSPS) is 24.0. The first kappa shape index (κ1) is 11.6. The van der Waals surface area contributed by atoms with Crippen molar-refractivity contribution in [1.29, 1.82) is 0 Å². The van der Waals surface area contributed by atoms with E-state index in [-0.39, 0.29) is 6.10 Å². The second kappa shape index (κ2) is 4.97. The molecule has 0 spiro atoms. The van der Waals surface area contributed by atoms with Gasteiger partial charge in [0.2, 0.25) is 0 Å². The van der Waals surface area contributed by atoms with Crippen LogP contribution in [-0.4, -0.2) is 37.7 Å². The minimum Gasteiger partial charge on any atom is -0.487 e. The van der Waals surface area contributed by atoms with Crippen molar-refractivity contribution in [2.45, 2.75) is 18.9 Å². The Balaban J connectivity index is 1.96. The number of rotatable bonds is 2. The van der Waals surface area contributed by atoms with Gasteiger partial charge in [0.05, 0.1) is 17.3 Å². The molecule has 0 amide bonds. The van der Waals surface area contributed by atoms with E-state index < -0.39 is 0 Å². The summed E-state index contributed by atoms with van der Waals surface area (Å²) in [6.45, 7) is 2.74. The molecule has 0 radical (unpaired) electrons. The number of nitrogens with one attached hydrogen (secondary N) is 1. The zero-order chi connectivity index (χ0) is 11.5. The Morgan fingerprint density at radius 1 is 1.50 bits per heavy atom. The fourth-order valence-corrected chi connectivity index (χ4v) is 2.19. The lowest BCUT2D eigenvalue weighted by Crippen LogP contribution is -2.35. The quantitative estimate of drug-likeness (QED) is 0.758. The van der Waals surface area contributed by atoms with Crippen molar-refractivity contribution in [3.8, 4) is 0 Å². The Kier molecular flexibility index (Phi) is 3.61. The molecular formula is C11H18ClN3O. The number of ether oxygens (including phenoxy) is 1. The van der Waals surface area contributed by atoms with Crippen LogP contribution < -0.4 is 11.1 Å². The minimum atomic E-state index is 0.241. The molecule has 90 valence electrons. The monoisotopic (exact) mass is 243 g/mol. The van der Waals surface area contributed by atoms with Crippen molar-refractivity contribution in [1.82, 2.24) is 10.2 Å². The standard InChI is InChI=1S/C11H18ClN3O/c1-15-4-2-8(3-5-15)16-11-9(12)6-14-7-10(11)13/h7-8,14H,2-6,13H2,1H3. The van der Waals surface area contributed by atoms with Crippen LogP contribution in [0.2, 0.25) is 0 Å². The summed E-state index contributed by atoms with van der Waals surface area (Å²) in [7, 11) is 2.13. The smallest absolute Gasteiger partial charge is 0.160 e. The predicted molar refractivity (Wildman–Crippen MR) is 64.8 cm³/mol. The highest BCUT2D eigenvalue weighted by molar-refractivity contribution is 6.30. The van der Waals surface area contributed by atoms with Crippen molar-refractivity contribution < 1.29 is 4.74 Å². The number of likely N-dealkylation sites (tertiary alicyclic amines) is 1. The first-order valence-corrected chi connectivity index (χ1v) is 5.98. The minimum absolute atomic E-state index is 0.241. The van der Waals surface area contributed by atoms with Crippen LogP contribution >= 0.6 is 11.6 Å². The fraction of sp³-hybridized carbons (Fsp3) is 0.636. The van der Waals surface area contributed by atoms with Crippen LogP contribution in [0.1, 0.15) is 12.8 Å². The van der Waals surface area contributed by atoms with Gasteiger partial charge in [0.15, 0.2) is 5.76 Å². The van der Waals surface area contributed by atoms with E-state index >= 15 is 0 Å². The molecule has 1 fully saturated rings. The molecular weight excluding hydrogens is 226 g/mol. The van der Waals surface area contributed by atoms with Gasteiger partial charge in [-0.05, 0) is 19.9 Å². The average molecular weight is 244 g/mol. The third kappa shape index (κ3) is 2.62. The van der Waals surface area contributed by atoms with Gasteiger partial charge >= 0.3 is 0 Å². The lowest BCUT2D eigenvalue weighted by Gasteiger charge is -2.31. The van der Waals surface area contributed by atoms with Crippen molar-refractivity contribution in [3.05, 3.63) is 22.7 Å². The summed E-state index contributed by atoms with van der Waals surface area (Å²) in [5.41, 5.74) is 6.43. The third-order valence-electron chi connectivity index (χ3n) is 2.97. The van der Waals surface area contributed by atoms with Gasteiger partial charge in [0.25, 0.3) is 0 Å². The zero-order valence-corrected chi connectivity index (χ0v) is 10.3. The largest absolute Gasteiger partial charge is 0.487 e. The van der Waals surface area contributed by atoms with Crippen LogP contribution in [0, 0.1) is 0 Å². The Hall–Kier alpha value is -0.870. The molecule has 0 atom stereocenters. The van der Waals surface area contributed by atoms with Gasteiger partial charge in [-0.3, -0.25) is 0 Å². The highest BCUT2D eigenvalue weighted by atomic mass is 35.5. The predicted octanol–water partition coefficient (Wildman–Crippen LogP) is 0.951. The summed E-state index contributed by atoms with van der Waals surface area (Å²) in [5.74, 6) is 0.662. The van der Waals surface area contributed by atoms with E-state index in [0.717, 1.165) is 25.9 Å². The number of nitrogens with zero attached hydrogens (tertiary/aromatic N) is 1. The van der Waals surface area contributed by atoms with Gasteiger partial charge in [-0.2, -0.15) is 0 Å². The molecule has 0 aromatic heterocycles. The van der Waals surface area contributed by atoms with Gasteiger partial charge < -0.3 is 20.7 Å². The Bertz CT molecular complexity index is 319. The van der Waals surface area contributed by atoms with Crippen LogP contribution in [0.25, 0.3) is 0 Å². The maximum absolute atomic E-state index is 6.09. The summed E-state index contributed by atoms with van der Waals surface area (Å²) in [6.07, 6.45) is 4.05. The van der Waals surface area contributed by atoms with Gasteiger partial charge in [-0.15, -0.1) is 0 Å². The molecule has 0 unspecified atom stereocenters. The molecule has 16 heavy (non-hydrogen) atoms. The highest BCUT2D eigenvalue weighted by Gasteiger charge is 2.22. The molecule has 4 nitrogen and oxygen atoms in total. The Morgan fingerprint density at radius 3 is 2.81 bits per heavy atom. The summed E-state index contributed by atoms with van der Waals surface area (Å²) < 4.78 is 5.89. The number of hydrogen-bond donors (Lipinski definition) is 2. The molecule has 0 aromatic rings. The van der Waals surface area contributed by atoms with Crippen LogP contribution in [0.15, 0.2) is 22.7 Å². The van der Waals surface area contributed by atoms with Crippen LogP contribution in [0.5, 0.6) is 0 Å². The van der Waals surface area contributed by atoms with Gasteiger partial charge in [0.1, 0.15) is 6.10 Å². The molecule has 3 N–H and O–H groups in total. The number of halogens is 1. The second-order valence-corrected chi connectivity index (χ2v) is 4.79. The fourth-order valence-electron chi connectivity index (χ4n) is 1.95. The van der Waals surface area contributed by atoms with E-state index in [2.05, 4.69) is 17.3 Å². The molecule has 0 saturated carbocycles. The molecule has 0 aromatic carbocycles. The molecule has 5 heteroatoms. The maximum atomic E-state index is 6.09. The second-order valence-electron chi connectivity index (χ2n) is 4.34. The molecule has 2 heterocycles. The molecule has 0 aliphatic carbocycles. The summed E-state index contributed by atoms with van der Waals surface area (Å²) in [6, 6.07) is 0. The first-order valence-electron chi connectivity index (χ1n) is 5.60. The molecule has 0 bridgehead atoms. The van der Waals surface area contributed by atoms with Crippen LogP contribution in [-0.2, 0) is 4.74 Å². The van der Waals surface area contributed by atoms with E-state index in [1.807, 2.05) is 0 Å². The van der Waals surface area contributed by atoms with E-state index in [4.69, 9.17) is 22.1 Å². The van der Waals surface area contributed by atoms with Crippen molar-refractivity contribution in [3.63, 3.8) is 0 Å². The molecule has 1 saturated heterocycles. The van der Waals surface area contributed by atoms with Gasteiger partial charge in [-0.25, -0.2) is 0 Å². The first-order chi connectivity index (χ1) is 7.66. The summed E-state index contributed by atoms with van der Waals surface area (Å²) >= 11 is 6.09. The Labute approximate surface area is 101 Å². The van der Waals surface area contributed by atoms with Crippen molar-refractivity contribution >= 4 is 11.6 Å². The highest BCUT2D eigenvalue weighted by Crippen LogP contribution is 2.23. The lowest BCUT2D eigenvalue weighted by atomic mass is 10.1. The molecule has 2 aliphatic heterocycles. The molecule has 2 rings (SSSR count). The summed E-state index contributed by atoms with van der Waals surface area (Å²) in [5, 5.41) is 3.66.